The maximum absolute atomic E-state index is 5.75. The van der Waals surface area contributed by atoms with Gasteiger partial charge in [0.05, 0.1) is 12.2 Å². The van der Waals surface area contributed by atoms with Crippen molar-refractivity contribution in [1.82, 2.24) is 15.1 Å². The van der Waals surface area contributed by atoms with Gasteiger partial charge in [0.25, 0.3) is 0 Å². The van der Waals surface area contributed by atoms with Gasteiger partial charge in [0, 0.05) is 22.3 Å². The largest absolute Gasteiger partial charge is 0.492 e. The lowest BCUT2D eigenvalue weighted by Gasteiger charge is -2.08. The maximum Gasteiger partial charge on any atom is 0.120 e. The number of aryl methyl sites for hydroxylation is 1. The van der Waals surface area contributed by atoms with E-state index in [1.807, 2.05) is 42.9 Å². The molecule has 0 bridgehead atoms. The van der Waals surface area contributed by atoms with Crippen LogP contribution in [0.4, 0.5) is 0 Å². The van der Waals surface area contributed by atoms with E-state index >= 15 is 0 Å². The third-order valence-corrected chi connectivity index (χ3v) is 3.75. The Morgan fingerprint density at radius 2 is 2.15 bits per heavy atom. The smallest absolute Gasteiger partial charge is 0.120 e. The maximum atomic E-state index is 5.75. The van der Waals surface area contributed by atoms with Crippen LogP contribution in [0.1, 0.15) is 17.0 Å². The Labute approximate surface area is 128 Å². The lowest BCUT2D eigenvalue weighted by molar-refractivity contribution is 0.289. The number of ether oxygens (including phenoxy) is 1. The Morgan fingerprint density at radius 1 is 1.35 bits per heavy atom. The van der Waals surface area contributed by atoms with Crippen molar-refractivity contribution in [1.29, 1.82) is 0 Å². The average Bonchev–Trinajstić information content (AvgIpc) is 2.67. The summed E-state index contributed by atoms with van der Waals surface area (Å²) >= 11 is 3.44. The second kappa shape index (κ2) is 6.90. The van der Waals surface area contributed by atoms with Crippen molar-refractivity contribution in [2.45, 2.75) is 26.9 Å². The summed E-state index contributed by atoms with van der Waals surface area (Å²) < 4.78 is 8.79. The van der Waals surface area contributed by atoms with Gasteiger partial charge in [-0.05, 0) is 39.1 Å². The molecule has 0 spiro atoms. The Hall–Kier alpha value is -1.33. The van der Waals surface area contributed by atoms with Crippen LogP contribution in [-0.2, 0) is 13.1 Å². The molecule has 0 aliphatic carbocycles. The van der Waals surface area contributed by atoms with Gasteiger partial charge in [-0.25, -0.2) is 0 Å². The number of nitrogens with zero attached hydrogens (tertiary/aromatic N) is 2. The summed E-state index contributed by atoms with van der Waals surface area (Å²) in [5.41, 5.74) is 3.56. The number of benzene rings is 1. The highest BCUT2D eigenvalue weighted by Gasteiger charge is 2.10. The van der Waals surface area contributed by atoms with E-state index in [0.29, 0.717) is 6.61 Å². The number of hydrogen-bond donors (Lipinski definition) is 1. The zero-order chi connectivity index (χ0) is 14.5. The first-order chi connectivity index (χ1) is 9.61. The van der Waals surface area contributed by atoms with Crippen LogP contribution >= 0.6 is 15.9 Å². The van der Waals surface area contributed by atoms with E-state index in [2.05, 4.69) is 33.3 Å². The van der Waals surface area contributed by atoms with Crippen molar-refractivity contribution in [3.63, 3.8) is 0 Å². The van der Waals surface area contributed by atoms with E-state index in [-0.39, 0.29) is 0 Å². The molecule has 1 aromatic heterocycles. The fourth-order valence-corrected chi connectivity index (χ4v) is 2.57. The van der Waals surface area contributed by atoms with Gasteiger partial charge in [0.2, 0.25) is 0 Å². The second-order valence-electron chi connectivity index (χ2n) is 4.71. The van der Waals surface area contributed by atoms with Gasteiger partial charge in [0.1, 0.15) is 12.4 Å². The topological polar surface area (TPSA) is 39.1 Å². The minimum absolute atomic E-state index is 0.609. The van der Waals surface area contributed by atoms with Crippen LogP contribution in [0.5, 0.6) is 5.75 Å². The number of aromatic nitrogens is 2. The molecule has 0 aliphatic rings. The molecule has 0 saturated heterocycles. The van der Waals surface area contributed by atoms with Crippen LogP contribution < -0.4 is 10.1 Å². The number of hydrogen-bond acceptors (Lipinski definition) is 3. The molecule has 1 aromatic carbocycles. The van der Waals surface area contributed by atoms with Crippen molar-refractivity contribution in [2.75, 3.05) is 13.7 Å². The summed E-state index contributed by atoms with van der Waals surface area (Å²) in [6, 6.07) is 7.87. The van der Waals surface area contributed by atoms with Crippen LogP contribution in [0.2, 0.25) is 0 Å². The lowest BCUT2D eigenvalue weighted by Crippen LogP contribution is -2.12. The van der Waals surface area contributed by atoms with Gasteiger partial charge in [-0.15, -0.1) is 0 Å². The highest BCUT2D eigenvalue weighted by atomic mass is 79.9. The van der Waals surface area contributed by atoms with Crippen LogP contribution in [0.3, 0.4) is 0 Å². The second-order valence-corrected chi connectivity index (χ2v) is 5.62. The van der Waals surface area contributed by atoms with E-state index in [1.165, 1.54) is 11.3 Å². The van der Waals surface area contributed by atoms with E-state index in [0.717, 1.165) is 29.0 Å². The molecule has 4 nitrogen and oxygen atoms in total. The molecule has 0 atom stereocenters. The molecule has 0 saturated carbocycles. The monoisotopic (exact) mass is 337 g/mol. The molecule has 2 aromatic rings. The van der Waals surface area contributed by atoms with E-state index in [4.69, 9.17) is 4.74 Å². The molecule has 20 heavy (non-hydrogen) atoms. The van der Waals surface area contributed by atoms with Gasteiger partial charge in [-0.2, -0.15) is 5.10 Å². The summed E-state index contributed by atoms with van der Waals surface area (Å²) in [7, 11) is 1.95. The molecule has 2 rings (SSSR count). The number of nitrogens with one attached hydrogen (secondary N) is 1. The molecule has 108 valence electrons. The minimum atomic E-state index is 0.609. The van der Waals surface area contributed by atoms with Gasteiger partial charge in [-0.3, -0.25) is 4.68 Å². The van der Waals surface area contributed by atoms with Crippen molar-refractivity contribution >= 4 is 15.9 Å². The van der Waals surface area contributed by atoms with Crippen molar-refractivity contribution < 1.29 is 4.74 Å². The molecule has 5 heteroatoms. The van der Waals surface area contributed by atoms with Crippen molar-refractivity contribution in [2.24, 2.45) is 0 Å². The molecule has 0 unspecified atom stereocenters. The van der Waals surface area contributed by atoms with Gasteiger partial charge in [0.15, 0.2) is 0 Å². The molecule has 0 fully saturated rings. The standard InChI is InChI=1S/C15H20BrN3O/c1-11-15(10-17-3)12(2)19(18-11)7-8-20-14-6-4-5-13(16)9-14/h4-6,9,17H,7-8,10H2,1-3H3. The summed E-state index contributed by atoms with van der Waals surface area (Å²) in [5.74, 6) is 0.872. The summed E-state index contributed by atoms with van der Waals surface area (Å²) in [6.07, 6.45) is 0. The first-order valence-corrected chi connectivity index (χ1v) is 7.47. The molecule has 0 radical (unpaired) electrons. The molecule has 1 heterocycles. The molecular formula is C15H20BrN3O. The van der Waals surface area contributed by atoms with Gasteiger partial charge in [-0.1, -0.05) is 22.0 Å². The van der Waals surface area contributed by atoms with E-state index < -0.39 is 0 Å². The first kappa shape index (κ1) is 15.1. The van der Waals surface area contributed by atoms with Crippen molar-refractivity contribution in [3.8, 4) is 5.75 Å². The predicted octanol–water partition coefficient (Wildman–Crippen LogP) is 3.06. The fraction of sp³-hybridized carbons (Fsp3) is 0.400. The average molecular weight is 338 g/mol. The Morgan fingerprint density at radius 3 is 2.85 bits per heavy atom. The van der Waals surface area contributed by atoms with Crippen molar-refractivity contribution in [3.05, 3.63) is 45.7 Å². The number of rotatable bonds is 6. The Bertz CT molecular complexity index is 580. The quantitative estimate of drug-likeness (QED) is 0.880. The van der Waals surface area contributed by atoms with Crippen LogP contribution in [0.25, 0.3) is 0 Å². The predicted molar refractivity (Wildman–Crippen MR) is 84.1 cm³/mol. The Kier molecular flexibility index (Phi) is 5.20. The molecular weight excluding hydrogens is 318 g/mol. The third kappa shape index (κ3) is 3.61. The molecule has 1 N–H and O–H groups in total. The normalized spacial score (nSPS) is 10.8. The van der Waals surface area contributed by atoms with Crippen LogP contribution in [-0.4, -0.2) is 23.4 Å². The van der Waals surface area contributed by atoms with E-state index in [9.17, 15) is 0 Å². The SMILES string of the molecule is CNCc1c(C)nn(CCOc2cccc(Br)c2)c1C. The lowest BCUT2D eigenvalue weighted by atomic mass is 10.2. The highest BCUT2D eigenvalue weighted by molar-refractivity contribution is 9.10. The molecule has 0 amide bonds. The minimum Gasteiger partial charge on any atom is -0.492 e. The zero-order valence-corrected chi connectivity index (χ0v) is 13.7. The summed E-state index contributed by atoms with van der Waals surface area (Å²) in [6.45, 7) is 6.36. The first-order valence-electron chi connectivity index (χ1n) is 6.67. The van der Waals surface area contributed by atoms with Crippen LogP contribution in [0, 0.1) is 13.8 Å². The zero-order valence-electron chi connectivity index (χ0n) is 12.1. The number of halogens is 1. The van der Waals surface area contributed by atoms with Crippen LogP contribution in [0.15, 0.2) is 28.7 Å². The molecule has 0 aliphatic heterocycles. The summed E-state index contributed by atoms with van der Waals surface area (Å²) in [5, 5.41) is 7.74. The summed E-state index contributed by atoms with van der Waals surface area (Å²) in [4.78, 5) is 0. The van der Waals surface area contributed by atoms with Gasteiger partial charge < -0.3 is 10.1 Å². The van der Waals surface area contributed by atoms with E-state index in [1.54, 1.807) is 0 Å². The Balaban J connectivity index is 1.96. The highest BCUT2D eigenvalue weighted by Crippen LogP contribution is 2.18. The third-order valence-electron chi connectivity index (χ3n) is 3.25. The fourth-order valence-electron chi connectivity index (χ4n) is 2.19. The van der Waals surface area contributed by atoms with Gasteiger partial charge >= 0.3 is 0 Å².